The molecule has 0 bridgehead atoms. The van der Waals surface area contributed by atoms with Crippen molar-refractivity contribution in [1.82, 2.24) is 10.3 Å². The predicted octanol–water partition coefficient (Wildman–Crippen LogP) is 3.57. The number of aromatic nitrogens is 1. The Bertz CT molecular complexity index is 338. The maximum Gasteiger partial charge on any atom is 0.211 e. The molecule has 0 aliphatic heterocycles. The van der Waals surface area contributed by atoms with Gasteiger partial charge in [0.25, 0.3) is 0 Å². The largest absolute Gasteiger partial charge is 0.444 e. The van der Waals surface area contributed by atoms with Crippen molar-refractivity contribution in [3.05, 3.63) is 17.8 Å². The molecule has 17 heavy (non-hydrogen) atoms. The Hall–Kier alpha value is -0.830. The van der Waals surface area contributed by atoms with E-state index in [4.69, 9.17) is 4.42 Å². The molecular weight excluding hydrogens is 212 g/mol. The maximum atomic E-state index is 5.79. The molecule has 0 amide bonds. The molecule has 0 saturated carbocycles. The average Bonchev–Trinajstić information content (AvgIpc) is 2.65. The van der Waals surface area contributed by atoms with Crippen LogP contribution in [-0.4, -0.2) is 11.5 Å². The minimum absolute atomic E-state index is 0.193. The molecule has 3 nitrogen and oxygen atoms in total. The molecule has 1 heterocycles. The Balaban J connectivity index is 2.63. The van der Waals surface area contributed by atoms with Crippen LogP contribution < -0.4 is 5.32 Å². The minimum atomic E-state index is 0.193. The predicted molar refractivity (Wildman–Crippen MR) is 70.9 cm³/mol. The SMILES string of the molecule is CCNC(C)c1ncc(CC(C)C(C)(C)C)o1. The lowest BCUT2D eigenvalue weighted by Crippen LogP contribution is -2.19. The fraction of sp³-hybridized carbons (Fsp3) is 0.786. The van der Waals surface area contributed by atoms with E-state index in [0.29, 0.717) is 11.3 Å². The van der Waals surface area contributed by atoms with Crippen LogP contribution in [0.4, 0.5) is 0 Å². The van der Waals surface area contributed by atoms with Gasteiger partial charge >= 0.3 is 0 Å². The van der Waals surface area contributed by atoms with E-state index in [1.54, 1.807) is 0 Å². The molecule has 2 unspecified atom stereocenters. The molecule has 0 spiro atoms. The van der Waals surface area contributed by atoms with E-state index in [1.165, 1.54) is 0 Å². The van der Waals surface area contributed by atoms with Gasteiger partial charge in [-0.05, 0) is 24.8 Å². The second-order valence-electron chi connectivity index (χ2n) is 5.92. The highest BCUT2D eigenvalue weighted by Crippen LogP contribution is 2.28. The highest BCUT2D eigenvalue weighted by atomic mass is 16.4. The number of oxazole rings is 1. The first-order valence-corrected chi connectivity index (χ1v) is 6.52. The first kappa shape index (κ1) is 14.2. The molecule has 0 fully saturated rings. The van der Waals surface area contributed by atoms with Crippen molar-refractivity contribution in [2.45, 2.75) is 54.0 Å². The number of hydrogen-bond donors (Lipinski definition) is 1. The lowest BCUT2D eigenvalue weighted by molar-refractivity contribution is 0.244. The van der Waals surface area contributed by atoms with E-state index in [2.05, 4.69) is 51.8 Å². The Morgan fingerprint density at radius 1 is 1.35 bits per heavy atom. The summed E-state index contributed by atoms with van der Waals surface area (Å²) in [5, 5.41) is 3.30. The van der Waals surface area contributed by atoms with Crippen LogP contribution in [0.25, 0.3) is 0 Å². The monoisotopic (exact) mass is 238 g/mol. The Kier molecular flexibility index (Phi) is 4.75. The number of rotatable bonds is 5. The van der Waals surface area contributed by atoms with E-state index >= 15 is 0 Å². The van der Waals surface area contributed by atoms with Crippen molar-refractivity contribution < 1.29 is 4.42 Å². The second kappa shape index (κ2) is 5.67. The zero-order valence-corrected chi connectivity index (χ0v) is 12.0. The molecule has 0 aliphatic rings. The Labute approximate surface area is 105 Å². The molecule has 2 atom stereocenters. The van der Waals surface area contributed by atoms with Gasteiger partial charge in [-0.25, -0.2) is 4.98 Å². The zero-order chi connectivity index (χ0) is 13.1. The van der Waals surface area contributed by atoms with E-state index in [-0.39, 0.29) is 6.04 Å². The van der Waals surface area contributed by atoms with Crippen LogP contribution in [0.3, 0.4) is 0 Å². The van der Waals surface area contributed by atoms with Crippen molar-refractivity contribution in [2.24, 2.45) is 11.3 Å². The van der Waals surface area contributed by atoms with Crippen LogP contribution in [0.1, 0.15) is 59.2 Å². The molecule has 1 rings (SSSR count). The highest BCUT2D eigenvalue weighted by molar-refractivity contribution is 4.99. The second-order valence-corrected chi connectivity index (χ2v) is 5.92. The van der Waals surface area contributed by atoms with Gasteiger partial charge in [0.05, 0.1) is 12.2 Å². The van der Waals surface area contributed by atoms with Crippen LogP contribution in [-0.2, 0) is 6.42 Å². The van der Waals surface area contributed by atoms with Gasteiger partial charge in [0, 0.05) is 6.42 Å². The van der Waals surface area contributed by atoms with Crippen LogP contribution >= 0.6 is 0 Å². The van der Waals surface area contributed by atoms with E-state index < -0.39 is 0 Å². The lowest BCUT2D eigenvalue weighted by Gasteiger charge is -2.26. The number of hydrogen-bond acceptors (Lipinski definition) is 3. The van der Waals surface area contributed by atoms with Crippen molar-refractivity contribution >= 4 is 0 Å². The van der Waals surface area contributed by atoms with Gasteiger partial charge in [-0.2, -0.15) is 0 Å². The van der Waals surface area contributed by atoms with E-state index in [9.17, 15) is 0 Å². The van der Waals surface area contributed by atoms with E-state index in [1.807, 2.05) is 6.20 Å². The fourth-order valence-electron chi connectivity index (χ4n) is 1.62. The summed E-state index contributed by atoms with van der Waals surface area (Å²) in [7, 11) is 0. The third-order valence-corrected chi connectivity index (χ3v) is 3.44. The van der Waals surface area contributed by atoms with Crippen LogP contribution in [0.2, 0.25) is 0 Å². The summed E-state index contributed by atoms with van der Waals surface area (Å²) in [4.78, 5) is 4.34. The van der Waals surface area contributed by atoms with Crippen molar-refractivity contribution in [3.8, 4) is 0 Å². The van der Waals surface area contributed by atoms with Crippen molar-refractivity contribution in [2.75, 3.05) is 6.54 Å². The fourth-order valence-corrected chi connectivity index (χ4v) is 1.62. The van der Waals surface area contributed by atoms with E-state index in [0.717, 1.165) is 24.6 Å². The van der Waals surface area contributed by atoms with Gasteiger partial charge in [-0.1, -0.05) is 34.6 Å². The Morgan fingerprint density at radius 2 is 2.00 bits per heavy atom. The molecule has 1 aromatic rings. The minimum Gasteiger partial charge on any atom is -0.444 e. The summed E-state index contributed by atoms with van der Waals surface area (Å²) in [5.74, 6) is 2.37. The summed E-state index contributed by atoms with van der Waals surface area (Å²) >= 11 is 0. The smallest absolute Gasteiger partial charge is 0.211 e. The summed E-state index contributed by atoms with van der Waals surface area (Å²) < 4.78 is 5.79. The quantitative estimate of drug-likeness (QED) is 0.852. The van der Waals surface area contributed by atoms with Crippen molar-refractivity contribution in [3.63, 3.8) is 0 Å². The highest BCUT2D eigenvalue weighted by Gasteiger charge is 2.22. The standard InChI is InChI=1S/C14H26N2O/c1-7-15-11(3)13-16-9-12(17-13)8-10(2)14(4,5)6/h9-11,15H,7-8H2,1-6H3. The van der Waals surface area contributed by atoms with Crippen LogP contribution in [0.5, 0.6) is 0 Å². The van der Waals surface area contributed by atoms with Gasteiger partial charge in [0.1, 0.15) is 5.76 Å². The van der Waals surface area contributed by atoms with Gasteiger partial charge in [-0.3, -0.25) is 0 Å². The normalized spacial score (nSPS) is 15.9. The summed E-state index contributed by atoms with van der Waals surface area (Å²) in [6.45, 7) is 14.1. The van der Waals surface area contributed by atoms with Gasteiger partial charge in [-0.15, -0.1) is 0 Å². The number of nitrogens with one attached hydrogen (secondary N) is 1. The summed E-state index contributed by atoms with van der Waals surface area (Å²) in [6, 6.07) is 0.193. The van der Waals surface area contributed by atoms with Crippen molar-refractivity contribution in [1.29, 1.82) is 0 Å². The average molecular weight is 238 g/mol. The third kappa shape index (κ3) is 4.15. The molecule has 3 heteroatoms. The molecular formula is C14H26N2O. The Morgan fingerprint density at radius 3 is 2.53 bits per heavy atom. The van der Waals surface area contributed by atoms with Crippen LogP contribution in [0.15, 0.2) is 10.6 Å². The van der Waals surface area contributed by atoms with Gasteiger partial charge in [0.2, 0.25) is 5.89 Å². The lowest BCUT2D eigenvalue weighted by atomic mass is 9.80. The maximum absolute atomic E-state index is 5.79. The molecule has 1 aromatic heterocycles. The molecule has 0 radical (unpaired) electrons. The first-order chi connectivity index (χ1) is 7.84. The summed E-state index contributed by atoms with van der Waals surface area (Å²) in [5.41, 5.74) is 0.306. The first-order valence-electron chi connectivity index (χ1n) is 6.52. The van der Waals surface area contributed by atoms with Crippen LogP contribution in [0, 0.1) is 11.3 Å². The molecule has 98 valence electrons. The third-order valence-electron chi connectivity index (χ3n) is 3.44. The van der Waals surface area contributed by atoms with Gasteiger partial charge in [0.15, 0.2) is 0 Å². The zero-order valence-electron chi connectivity index (χ0n) is 12.0. The molecule has 0 saturated heterocycles. The molecule has 1 N–H and O–H groups in total. The molecule has 0 aliphatic carbocycles. The topological polar surface area (TPSA) is 38.1 Å². The molecule has 0 aromatic carbocycles. The number of nitrogens with zero attached hydrogens (tertiary/aromatic N) is 1. The van der Waals surface area contributed by atoms with Gasteiger partial charge < -0.3 is 9.73 Å². The summed E-state index contributed by atoms with van der Waals surface area (Å²) in [6.07, 6.45) is 2.82.